The van der Waals surface area contributed by atoms with Crippen LogP contribution >= 0.6 is 0 Å². The van der Waals surface area contributed by atoms with Gasteiger partial charge in [-0.25, -0.2) is 4.98 Å². The Labute approximate surface area is 128 Å². The Bertz CT molecular complexity index is 399. The number of hydrogen-bond donors (Lipinski definition) is 1. The molecule has 0 unspecified atom stereocenters. The fourth-order valence-corrected chi connectivity index (χ4v) is 2.43. The van der Waals surface area contributed by atoms with E-state index in [-0.39, 0.29) is 0 Å². The van der Waals surface area contributed by atoms with Gasteiger partial charge in [0, 0.05) is 39.3 Å². The zero-order valence-corrected chi connectivity index (χ0v) is 13.3. The Hall–Kier alpha value is -1.33. The molecule has 2 rings (SSSR count). The van der Waals surface area contributed by atoms with Crippen LogP contribution in [0.25, 0.3) is 0 Å². The van der Waals surface area contributed by atoms with Crippen molar-refractivity contribution in [2.75, 3.05) is 56.6 Å². The molecule has 1 fully saturated rings. The zero-order chi connectivity index (χ0) is 15.1. The van der Waals surface area contributed by atoms with E-state index in [4.69, 9.17) is 10.5 Å². The average molecular weight is 292 g/mol. The van der Waals surface area contributed by atoms with E-state index in [1.807, 2.05) is 18.3 Å². The molecule has 1 aliphatic heterocycles. The van der Waals surface area contributed by atoms with Crippen LogP contribution in [0.1, 0.15) is 20.3 Å². The van der Waals surface area contributed by atoms with E-state index < -0.39 is 0 Å². The molecule has 5 nitrogen and oxygen atoms in total. The Kier molecular flexibility index (Phi) is 6.26. The first-order valence-corrected chi connectivity index (χ1v) is 7.91. The zero-order valence-electron chi connectivity index (χ0n) is 13.3. The number of hydrogen-bond acceptors (Lipinski definition) is 5. The highest BCUT2D eigenvalue weighted by molar-refractivity contribution is 5.48. The van der Waals surface area contributed by atoms with Gasteiger partial charge in [0.25, 0.3) is 0 Å². The number of nitrogen functional groups attached to an aromatic ring is 1. The Balaban J connectivity index is 1.63. The molecule has 1 aromatic heterocycles. The lowest BCUT2D eigenvalue weighted by Gasteiger charge is -2.35. The van der Waals surface area contributed by atoms with Crippen molar-refractivity contribution in [3.8, 4) is 0 Å². The molecule has 1 aliphatic rings. The van der Waals surface area contributed by atoms with Gasteiger partial charge in [0.05, 0.1) is 18.5 Å². The number of ether oxygens (including phenoxy) is 1. The van der Waals surface area contributed by atoms with Gasteiger partial charge in [0.2, 0.25) is 0 Å². The second-order valence-corrected chi connectivity index (χ2v) is 6.06. The number of nitrogens with zero attached hydrogens (tertiary/aromatic N) is 3. The van der Waals surface area contributed by atoms with Crippen LogP contribution in [0.2, 0.25) is 0 Å². The maximum Gasteiger partial charge on any atom is 0.123 e. The topological polar surface area (TPSA) is 54.6 Å². The number of aromatic nitrogens is 1. The van der Waals surface area contributed by atoms with Crippen LogP contribution in [0.5, 0.6) is 0 Å². The summed E-state index contributed by atoms with van der Waals surface area (Å²) in [4.78, 5) is 8.99. The van der Waals surface area contributed by atoms with Gasteiger partial charge in [0.1, 0.15) is 5.82 Å². The fourth-order valence-electron chi connectivity index (χ4n) is 2.43. The summed E-state index contributed by atoms with van der Waals surface area (Å²) < 4.78 is 5.69. The van der Waals surface area contributed by atoms with Crippen molar-refractivity contribution in [1.29, 1.82) is 0 Å². The normalized spacial score (nSPS) is 16.6. The summed E-state index contributed by atoms with van der Waals surface area (Å²) in [6.07, 6.45) is 3.01. The third kappa shape index (κ3) is 5.52. The molecule has 0 amide bonds. The summed E-state index contributed by atoms with van der Waals surface area (Å²) in [6.45, 7) is 11.5. The second kappa shape index (κ2) is 8.20. The summed E-state index contributed by atoms with van der Waals surface area (Å²) in [5.41, 5.74) is 6.79. The summed E-state index contributed by atoms with van der Waals surface area (Å²) in [5.74, 6) is 1.30. The minimum Gasteiger partial charge on any atom is -0.384 e. The summed E-state index contributed by atoms with van der Waals surface area (Å²) in [7, 11) is 0. The van der Waals surface area contributed by atoms with E-state index in [1.54, 1.807) is 0 Å². The summed E-state index contributed by atoms with van der Waals surface area (Å²) >= 11 is 0. The first-order valence-electron chi connectivity index (χ1n) is 7.91. The van der Waals surface area contributed by atoms with E-state index >= 15 is 0 Å². The lowest BCUT2D eigenvalue weighted by Crippen LogP contribution is -2.47. The molecule has 2 N–H and O–H groups in total. The molecule has 0 atom stereocenters. The quantitative estimate of drug-likeness (QED) is 0.777. The number of piperazine rings is 1. The van der Waals surface area contributed by atoms with Crippen LogP contribution < -0.4 is 10.6 Å². The van der Waals surface area contributed by atoms with Gasteiger partial charge >= 0.3 is 0 Å². The van der Waals surface area contributed by atoms with Gasteiger partial charge in [0.15, 0.2) is 0 Å². The highest BCUT2D eigenvalue weighted by Gasteiger charge is 2.16. The molecular weight excluding hydrogens is 264 g/mol. The second-order valence-electron chi connectivity index (χ2n) is 6.06. The van der Waals surface area contributed by atoms with Crippen molar-refractivity contribution >= 4 is 11.5 Å². The lowest BCUT2D eigenvalue weighted by atomic mass is 10.1. The van der Waals surface area contributed by atoms with E-state index in [9.17, 15) is 0 Å². The highest BCUT2D eigenvalue weighted by Crippen LogP contribution is 2.15. The predicted molar refractivity (Wildman–Crippen MR) is 87.6 cm³/mol. The van der Waals surface area contributed by atoms with Crippen LogP contribution in [-0.2, 0) is 4.74 Å². The molecule has 1 saturated heterocycles. The van der Waals surface area contributed by atoms with E-state index in [1.165, 1.54) is 0 Å². The van der Waals surface area contributed by atoms with Crippen LogP contribution in [0.3, 0.4) is 0 Å². The van der Waals surface area contributed by atoms with E-state index in [0.29, 0.717) is 5.82 Å². The molecule has 1 aromatic rings. The van der Waals surface area contributed by atoms with Gasteiger partial charge in [-0.2, -0.15) is 0 Å². The molecule has 118 valence electrons. The largest absolute Gasteiger partial charge is 0.384 e. The highest BCUT2D eigenvalue weighted by atomic mass is 16.5. The third-order valence-electron chi connectivity index (χ3n) is 3.90. The number of anilines is 2. The first-order chi connectivity index (χ1) is 10.1. The summed E-state index contributed by atoms with van der Waals surface area (Å²) in [5, 5.41) is 0. The van der Waals surface area contributed by atoms with Crippen LogP contribution in [0.15, 0.2) is 18.3 Å². The molecular formula is C16H28N4O. The van der Waals surface area contributed by atoms with Crippen molar-refractivity contribution in [3.63, 3.8) is 0 Å². The van der Waals surface area contributed by atoms with E-state index in [0.717, 1.165) is 64.0 Å². The van der Waals surface area contributed by atoms with Gasteiger partial charge < -0.3 is 15.4 Å². The van der Waals surface area contributed by atoms with Crippen molar-refractivity contribution in [2.24, 2.45) is 5.92 Å². The van der Waals surface area contributed by atoms with Gasteiger partial charge in [-0.15, -0.1) is 0 Å². The molecule has 0 aromatic carbocycles. The minimum atomic E-state index is 0.580. The van der Waals surface area contributed by atoms with Gasteiger partial charge in [-0.3, -0.25) is 4.90 Å². The fraction of sp³-hybridized carbons (Fsp3) is 0.688. The van der Waals surface area contributed by atoms with Crippen LogP contribution in [-0.4, -0.2) is 55.8 Å². The maximum atomic E-state index is 5.69. The minimum absolute atomic E-state index is 0.580. The predicted octanol–water partition coefficient (Wildman–Crippen LogP) is 1.85. The molecule has 0 spiro atoms. The Morgan fingerprint density at radius 2 is 1.95 bits per heavy atom. The first kappa shape index (κ1) is 16.0. The number of rotatable bonds is 7. The molecule has 5 heteroatoms. The van der Waals surface area contributed by atoms with Crippen molar-refractivity contribution in [3.05, 3.63) is 18.3 Å². The molecule has 0 bridgehead atoms. The number of nitrogens with two attached hydrogens (primary N) is 1. The molecule has 0 saturated carbocycles. The third-order valence-corrected chi connectivity index (χ3v) is 3.90. The number of pyridine rings is 1. The van der Waals surface area contributed by atoms with Crippen molar-refractivity contribution in [2.45, 2.75) is 20.3 Å². The molecule has 0 aliphatic carbocycles. The summed E-state index contributed by atoms with van der Waals surface area (Å²) in [6, 6.07) is 3.91. The smallest absolute Gasteiger partial charge is 0.123 e. The van der Waals surface area contributed by atoms with Crippen molar-refractivity contribution < 1.29 is 4.74 Å². The monoisotopic (exact) mass is 292 g/mol. The lowest BCUT2D eigenvalue weighted by molar-refractivity contribution is 0.0942. The van der Waals surface area contributed by atoms with Crippen LogP contribution in [0.4, 0.5) is 11.5 Å². The Morgan fingerprint density at radius 1 is 1.19 bits per heavy atom. The maximum absolute atomic E-state index is 5.69. The SMILES string of the molecule is CC(C)CCOCCN1CCN(c2ccc(N)nc2)CC1. The van der Waals surface area contributed by atoms with Gasteiger partial charge in [-0.1, -0.05) is 13.8 Å². The van der Waals surface area contributed by atoms with E-state index in [2.05, 4.69) is 28.6 Å². The molecule has 21 heavy (non-hydrogen) atoms. The molecule has 2 heterocycles. The standard InChI is InChI=1S/C16H28N4O/c1-14(2)5-11-21-12-10-19-6-8-20(9-7-19)15-3-4-16(17)18-13-15/h3-4,13-14H,5-12H2,1-2H3,(H2,17,18). The van der Waals surface area contributed by atoms with Crippen LogP contribution in [0, 0.1) is 5.92 Å². The van der Waals surface area contributed by atoms with Crippen molar-refractivity contribution in [1.82, 2.24) is 9.88 Å². The molecule has 0 radical (unpaired) electrons. The Morgan fingerprint density at radius 3 is 2.57 bits per heavy atom. The average Bonchev–Trinajstić information content (AvgIpc) is 2.48. The van der Waals surface area contributed by atoms with Gasteiger partial charge in [-0.05, 0) is 24.5 Å².